The van der Waals surface area contributed by atoms with E-state index in [9.17, 15) is 0 Å². The van der Waals surface area contributed by atoms with Crippen molar-refractivity contribution >= 4 is 11.3 Å². The lowest BCUT2D eigenvalue weighted by Crippen LogP contribution is -2.12. The van der Waals surface area contributed by atoms with Gasteiger partial charge < -0.3 is 0 Å². The van der Waals surface area contributed by atoms with Gasteiger partial charge in [-0.3, -0.25) is 4.99 Å². The zero-order valence-electron chi connectivity index (χ0n) is 20.0. The van der Waals surface area contributed by atoms with Gasteiger partial charge in [0.2, 0.25) is 0 Å². The van der Waals surface area contributed by atoms with Crippen molar-refractivity contribution in [2.45, 2.75) is 79.1 Å². The van der Waals surface area contributed by atoms with Crippen LogP contribution in [0.5, 0.6) is 0 Å². The van der Waals surface area contributed by atoms with Crippen LogP contribution in [0.1, 0.15) is 84.6 Å². The second kappa shape index (κ2) is 9.98. The normalized spacial score (nSPS) is 22.5. The van der Waals surface area contributed by atoms with Crippen molar-refractivity contribution in [3.05, 3.63) is 75.9 Å². The maximum absolute atomic E-state index is 4.85. The molecule has 3 aliphatic rings. The van der Waals surface area contributed by atoms with Crippen LogP contribution in [0, 0.1) is 11.8 Å². The van der Waals surface area contributed by atoms with Gasteiger partial charge in [0.15, 0.2) is 0 Å². The molecule has 31 heavy (non-hydrogen) atoms. The molecule has 0 radical (unpaired) electrons. The summed E-state index contributed by atoms with van der Waals surface area (Å²) in [6.45, 7) is 10.1. The van der Waals surface area contributed by atoms with E-state index >= 15 is 0 Å². The molecule has 1 unspecified atom stereocenters. The molecule has 1 aromatic rings. The quantitative estimate of drug-likeness (QED) is 0.443. The Morgan fingerprint density at radius 2 is 1.74 bits per heavy atom. The van der Waals surface area contributed by atoms with E-state index in [-0.39, 0.29) is 0 Å². The minimum atomic E-state index is 0.479. The molecule has 0 saturated heterocycles. The van der Waals surface area contributed by atoms with E-state index in [1.165, 1.54) is 54.5 Å². The van der Waals surface area contributed by atoms with Gasteiger partial charge in [0.1, 0.15) is 0 Å². The zero-order valence-corrected chi connectivity index (χ0v) is 20.0. The third-order valence-electron chi connectivity index (χ3n) is 7.32. The van der Waals surface area contributed by atoms with Crippen LogP contribution in [0.4, 0.5) is 0 Å². The van der Waals surface area contributed by atoms with Gasteiger partial charge in [-0.15, -0.1) is 0 Å². The van der Waals surface area contributed by atoms with Crippen LogP contribution < -0.4 is 0 Å². The number of hydrogen-bond donors (Lipinski definition) is 0. The lowest BCUT2D eigenvalue weighted by atomic mass is 9.78. The summed E-state index contributed by atoms with van der Waals surface area (Å²) in [6.07, 6.45) is 15.0. The fourth-order valence-corrected chi connectivity index (χ4v) is 5.90. The highest BCUT2D eigenvalue weighted by Crippen LogP contribution is 2.51. The molecule has 0 N–H and O–H groups in total. The molecule has 0 aromatic heterocycles. The third-order valence-corrected chi connectivity index (χ3v) is 7.32. The topological polar surface area (TPSA) is 12.4 Å². The average Bonchev–Trinajstić information content (AvgIpc) is 3.04. The zero-order chi connectivity index (χ0) is 21.8. The Kier molecular flexibility index (Phi) is 7.10. The van der Waals surface area contributed by atoms with Crippen LogP contribution in [0.15, 0.2) is 75.3 Å². The lowest BCUT2D eigenvalue weighted by molar-refractivity contribution is 0.407. The van der Waals surface area contributed by atoms with Gasteiger partial charge in [0.05, 0.1) is 0 Å². The van der Waals surface area contributed by atoms with E-state index < -0.39 is 0 Å². The second-order valence-electron chi connectivity index (χ2n) is 10.0. The molecule has 1 heterocycles. The summed E-state index contributed by atoms with van der Waals surface area (Å²) in [5.74, 6) is 1.20. The van der Waals surface area contributed by atoms with Gasteiger partial charge in [-0.1, -0.05) is 66.8 Å². The smallest absolute Gasteiger partial charge is 0.0429 e. The highest BCUT2D eigenvalue weighted by Gasteiger charge is 2.35. The molecular weight excluding hydrogens is 374 g/mol. The van der Waals surface area contributed by atoms with Gasteiger partial charge in [0.25, 0.3) is 0 Å². The van der Waals surface area contributed by atoms with Crippen LogP contribution >= 0.6 is 0 Å². The molecule has 2 aliphatic carbocycles. The van der Waals surface area contributed by atoms with Crippen LogP contribution in [-0.2, 0) is 0 Å². The standard InChI is InChI=1S/C30H39N/c1-21(2)19-28-23(4)29(24-11-7-5-8-12-24)30(25-13-9-6-10-14-25)27(28)16-15-26-20-22(3)17-18-31-26/h6,9-10,13-14,19-20,24,27H,5,7-8,11-12,15-18H2,1-4H3. The average molecular weight is 414 g/mol. The lowest BCUT2D eigenvalue weighted by Gasteiger charge is -2.27. The maximum Gasteiger partial charge on any atom is 0.0429 e. The molecule has 1 aliphatic heterocycles. The van der Waals surface area contributed by atoms with Gasteiger partial charge in [-0.2, -0.15) is 0 Å². The number of hydrogen-bond acceptors (Lipinski definition) is 1. The molecule has 4 rings (SSSR count). The van der Waals surface area contributed by atoms with Crippen molar-refractivity contribution in [1.29, 1.82) is 0 Å². The van der Waals surface area contributed by atoms with Crippen LogP contribution in [0.3, 0.4) is 0 Å². The number of benzene rings is 1. The summed E-state index contributed by atoms with van der Waals surface area (Å²) in [5.41, 5.74) is 12.1. The second-order valence-corrected chi connectivity index (χ2v) is 10.0. The monoisotopic (exact) mass is 413 g/mol. The Hall–Kier alpha value is -2.15. The SMILES string of the molecule is CC(C)=CC1=C(C)C(C2CCCCC2)=C(c2ccccc2)C1CCC1=NCCC(C)=C1. The number of nitrogens with zero attached hydrogens (tertiary/aromatic N) is 1. The van der Waals surface area contributed by atoms with Gasteiger partial charge in [-0.05, 0) is 99.6 Å². The summed E-state index contributed by atoms with van der Waals surface area (Å²) in [7, 11) is 0. The van der Waals surface area contributed by atoms with Crippen LogP contribution in [0.25, 0.3) is 5.57 Å². The Morgan fingerprint density at radius 1 is 1.00 bits per heavy atom. The Morgan fingerprint density at radius 3 is 2.42 bits per heavy atom. The minimum Gasteiger partial charge on any atom is -0.289 e. The maximum atomic E-state index is 4.85. The first kappa shape index (κ1) is 22.1. The molecule has 1 atom stereocenters. The first-order valence-corrected chi connectivity index (χ1v) is 12.4. The molecule has 1 heteroatoms. The molecule has 1 fully saturated rings. The fourth-order valence-electron chi connectivity index (χ4n) is 5.90. The number of dihydropyridines is 1. The summed E-state index contributed by atoms with van der Waals surface area (Å²) in [4.78, 5) is 4.85. The predicted octanol–water partition coefficient (Wildman–Crippen LogP) is 8.50. The molecule has 164 valence electrons. The van der Waals surface area contributed by atoms with E-state index in [1.807, 2.05) is 0 Å². The molecule has 1 saturated carbocycles. The van der Waals surface area contributed by atoms with E-state index in [0.717, 1.165) is 31.7 Å². The Bertz CT molecular complexity index is 941. The Balaban J connectivity index is 1.76. The largest absolute Gasteiger partial charge is 0.289 e. The predicted molar refractivity (Wildman–Crippen MR) is 135 cm³/mol. The van der Waals surface area contributed by atoms with Crippen molar-refractivity contribution in [3.63, 3.8) is 0 Å². The fraction of sp³-hybridized carbons (Fsp3) is 0.500. The van der Waals surface area contributed by atoms with Crippen molar-refractivity contribution in [3.8, 4) is 0 Å². The first-order chi connectivity index (χ1) is 15.0. The van der Waals surface area contributed by atoms with E-state index in [0.29, 0.717) is 5.92 Å². The molecule has 1 nitrogen and oxygen atoms in total. The van der Waals surface area contributed by atoms with Crippen molar-refractivity contribution in [1.82, 2.24) is 0 Å². The van der Waals surface area contributed by atoms with E-state index in [2.05, 4.69) is 70.2 Å². The molecule has 1 aromatic carbocycles. The number of rotatable bonds is 6. The van der Waals surface area contributed by atoms with Crippen LogP contribution in [0.2, 0.25) is 0 Å². The van der Waals surface area contributed by atoms with Gasteiger partial charge in [-0.25, -0.2) is 0 Å². The number of aliphatic imine (C=N–C) groups is 1. The highest BCUT2D eigenvalue weighted by molar-refractivity contribution is 5.96. The van der Waals surface area contributed by atoms with E-state index in [4.69, 9.17) is 4.99 Å². The minimum absolute atomic E-state index is 0.479. The summed E-state index contributed by atoms with van der Waals surface area (Å²) < 4.78 is 0. The first-order valence-electron chi connectivity index (χ1n) is 12.4. The molecule has 0 amide bonds. The highest BCUT2D eigenvalue weighted by atomic mass is 14.7. The summed E-state index contributed by atoms with van der Waals surface area (Å²) >= 11 is 0. The molecular formula is C30H39N. The number of allylic oxidation sites excluding steroid dienone is 7. The van der Waals surface area contributed by atoms with Gasteiger partial charge in [0, 0.05) is 18.2 Å². The third kappa shape index (κ3) is 5.03. The van der Waals surface area contributed by atoms with E-state index in [1.54, 1.807) is 22.3 Å². The summed E-state index contributed by atoms with van der Waals surface area (Å²) in [5, 5.41) is 0. The Labute approximate surface area is 189 Å². The van der Waals surface area contributed by atoms with Crippen molar-refractivity contribution in [2.24, 2.45) is 16.8 Å². The van der Waals surface area contributed by atoms with Gasteiger partial charge >= 0.3 is 0 Å². The van der Waals surface area contributed by atoms with Crippen molar-refractivity contribution < 1.29 is 0 Å². The van der Waals surface area contributed by atoms with Crippen molar-refractivity contribution in [2.75, 3.05) is 6.54 Å². The molecule has 0 bridgehead atoms. The van der Waals surface area contributed by atoms with Crippen LogP contribution in [-0.4, -0.2) is 12.3 Å². The summed E-state index contributed by atoms with van der Waals surface area (Å²) in [6, 6.07) is 11.3. The molecule has 0 spiro atoms.